The van der Waals surface area contributed by atoms with Crippen LogP contribution < -0.4 is 10.6 Å². The van der Waals surface area contributed by atoms with Crippen molar-refractivity contribution >= 4 is 35.3 Å². The Morgan fingerprint density at radius 1 is 1.00 bits per heavy atom. The van der Waals surface area contributed by atoms with Gasteiger partial charge in [-0.25, -0.2) is 0 Å². The number of benzene rings is 1. The number of hydrogen-bond donors (Lipinski definition) is 5. The van der Waals surface area contributed by atoms with E-state index in [1.807, 2.05) is 66.4 Å². The minimum absolute atomic E-state index is 0.0128. The molecule has 1 aromatic carbocycles. The fraction of sp³-hybridized carbons (Fsp3) is 0.342. The highest BCUT2D eigenvalue weighted by Gasteiger charge is 2.63. The number of phenols is 1. The number of likely N-dealkylation sites (N-methyl/N-ethyl adjacent to an activating group) is 1. The molecule has 13 heteroatoms. The molecule has 0 aliphatic heterocycles. The highest BCUT2D eigenvalue weighted by molar-refractivity contribution is 6.25. The maximum absolute atomic E-state index is 14.5. The van der Waals surface area contributed by atoms with E-state index in [9.17, 15) is 34.8 Å². The number of aliphatic hydroxyl groups excluding tert-OH is 2. The summed E-state index contributed by atoms with van der Waals surface area (Å²) < 4.78 is 10.8. The quantitative estimate of drug-likeness (QED) is 0.183. The third-order valence-electron chi connectivity index (χ3n) is 10.0. The Bertz CT molecular complexity index is 1920. The second-order valence-corrected chi connectivity index (χ2v) is 13.6. The Morgan fingerprint density at radius 2 is 1.61 bits per heavy atom. The van der Waals surface area contributed by atoms with Gasteiger partial charge in [0, 0.05) is 56.5 Å². The number of amides is 1. The first-order valence-electron chi connectivity index (χ1n) is 16.6. The number of aromatic hydroxyl groups is 1. The number of phenolic OH excluding ortho intramolecular Hbond substituents is 1. The summed E-state index contributed by atoms with van der Waals surface area (Å²) in [6, 6.07) is 8.03. The predicted octanol–water partition coefficient (Wildman–Crippen LogP) is 3.60. The van der Waals surface area contributed by atoms with Crippen LogP contribution in [-0.2, 0) is 22.6 Å². The molecule has 0 fully saturated rings. The molecule has 0 bridgehead atoms. The van der Waals surface area contributed by atoms with Crippen molar-refractivity contribution in [2.75, 3.05) is 46.2 Å². The highest BCUT2D eigenvalue weighted by Crippen LogP contribution is 2.53. The third-order valence-corrected chi connectivity index (χ3v) is 10.0. The summed E-state index contributed by atoms with van der Waals surface area (Å²) in [5.74, 6) is -5.47. The van der Waals surface area contributed by atoms with Crippen LogP contribution in [0.1, 0.15) is 39.4 Å². The third kappa shape index (κ3) is 6.17. The first kappa shape index (κ1) is 35.5. The monoisotopic (exact) mass is 698 g/mol. The zero-order valence-corrected chi connectivity index (χ0v) is 28.9. The number of nitrogens with two attached hydrogens (primary N) is 1. The zero-order chi connectivity index (χ0) is 36.8. The standard InChI is InChI=1S/C38H42N4O9/c1-40(2)27-19-22(20-42(13-5-9-23-11-7-15-50-23)14-6-10-24-12-8-16-51-24)32(43)29-25(27)17-21-18-26-31(41(3)4)34(45)30(37(39)48)36(47)38(26,49)35(46)28(21)33(29)44/h5-12,15-16,19,21,26,31,43,45-46,49H,13-14,17-18,20H2,1-4H3,(H2,39,48)/b9-5+,10-6+/t21-,26-,31?,38-/m0/s1. The number of aliphatic hydroxyl groups is 3. The van der Waals surface area contributed by atoms with E-state index in [2.05, 4.69) is 0 Å². The molecule has 6 rings (SSSR count). The molecular weight excluding hydrogens is 656 g/mol. The van der Waals surface area contributed by atoms with Gasteiger partial charge in [0.05, 0.1) is 24.1 Å². The van der Waals surface area contributed by atoms with E-state index >= 15 is 0 Å². The van der Waals surface area contributed by atoms with Gasteiger partial charge in [-0.3, -0.25) is 24.2 Å². The molecule has 3 aliphatic rings. The number of nitrogens with zero attached hydrogens (tertiary/aromatic N) is 3. The molecule has 0 spiro atoms. The summed E-state index contributed by atoms with van der Waals surface area (Å²) in [5.41, 5.74) is 3.36. The van der Waals surface area contributed by atoms with Gasteiger partial charge in [-0.15, -0.1) is 0 Å². The van der Waals surface area contributed by atoms with E-state index < -0.39 is 58.0 Å². The summed E-state index contributed by atoms with van der Waals surface area (Å²) >= 11 is 0. The van der Waals surface area contributed by atoms with Crippen LogP contribution in [0.25, 0.3) is 12.2 Å². The smallest absolute Gasteiger partial charge is 0.255 e. The van der Waals surface area contributed by atoms with Crippen molar-refractivity contribution in [3.63, 3.8) is 0 Å². The van der Waals surface area contributed by atoms with Crippen molar-refractivity contribution in [3.05, 3.63) is 106 Å². The number of primary amides is 1. The average molecular weight is 699 g/mol. The van der Waals surface area contributed by atoms with Crippen LogP contribution in [0.15, 0.2) is 86.5 Å². The first-order valence-corrected chi connectivity index (χ1v) is 16.6. The number of carbonyl (C=O) groups is 3. The molecule has 3 aromatic rings. The van der Waals surface area contributed by atoms with Gasteiger partial charge in [0.2, 0.25) is 5.78 Å². The van der Waals surface area contributed by atoms with Gasteiger partial charge >= 0.3 is 0 Å². The number of carbonyl (C=O) groups excluding carboxylic acids is 3. The molecule has 51 heavy (non-hydrogen) atoms. The summed E-state index contributed by atoms with van der Waals surface area (Å²) in [5, 5.41) is 46.6. The van der Waals surface area contributed by atoms with E-state index in [1.54, 1.807) is 38.8 Å². The van der Waals surface area contributed by atoms with E-state index in [4.69, 9.17) is 14.6 Å². The average Bonchev–Trinajstić information content (AvgIpc) is 3.78. The minimum atomic E-state index is -2.71. The van der Waals surface area contributed by atoms with Gasteiger partial charge in [0.1, 0.15) is 34.4 Å². The van der Waals surface area contributed by atoms with Gasteiger partial charge in [0.15, 0.2) is 11.4 Å². The Balaban J connectivity index is 1.41. The molecule has 4 atom stereocenters. The lowest BCUT2D eigenvalue weighted by molar-refractivity contribution is -0.148. The van der Waals surface area contributed by atoms with Crippen molar-refractivity contribution in [2.45, 2.75) is 31.0 Å². The van der Waals surface area contributed by atoms with Gasteiger partial charge in [-0.05, 0) is 80.9 Å². The Morgan fingerprint density at radius 3 is 2.12 bits per heavy atom. The molecule has 1 unspecified atom stereocenters. The summed E-state index contributed by atoms with van der Waals surface area (Å²) in [6.07, 6.45) is 10.9. The highest BCUT2D eigenvalue weighted by atomic mass is 16.4. The Labute approximate surface area is 294 Å². The van der Waals surface area contributed by atoms with Crippen LogP contribution in [0.4, 0.5) is 5.69 Å². The molecule has 13 nitrogen and oxygen atoms in total. The number of Topliss-reactive ketones (excluding diaryl/α,β-unsaturated/α-hetero) is 2. The van der Waals surface area contributed by atoms with Gasteiger partial charge in [0.25, 0.3) is 5.91 Å². The van der Waals surface area contributed by atoms with Crippen molar-refractivity contribution in [1.82, 2.24) is 9.80 Å². The minimum Gasteiger partial charge on any atom is -0.510 e. The predicted molar refractivity (Wildman–Crippen MR) is 189 cm³/mol. The maximum Gasteiger partial charge on any atom is 0.255 e. The summed E-state index contributed by atoms with van der Waals surface area (Å²) in [7, 11) is 6.85. The Kier molecular flexibility index (Phi) is 9.55. The number of rotatable bonds is 11. The van der Waals surface area contributed by atoms with Gasteiger partial charge < -0.3 is 39.9 Å². The first-order chi connectivity index (χ1) is 24.2. The second kappa shape index (κ2) is 13.7. The lowest BCUT2D eigenvalue weighted by atomic mass is 9.58. The van der Waals surface area contributed by atoms with E-state index in [-0.39, 0.29) is 36.3 Å². The lowest BCUT2D eigenvalue weighted by Crippen LogP contribution is -2.63. The molecular formula is C38H42N4O9. The van der Waals surface area contributed by atoms with Crippen molar-refractivity contribution in [1.29, 1.82) is 0 Å². The second-order valence-electron chi connectivity index (χ2n) is 13.6. The molecule has 1 amide bonds. The molecule has 6 N–H and O–H groups in total. The molecule has 3 aliphatic carbocycles. The molecule has 2 aromatic heterocycles. The number of ketones is 2. The number of furan rings is 2. The number of fused-ring (bicyclic) bond motifs is 3. The molecule has 2 heterocycles. The number of anilines is 1. The number of hydrogen-bond acceptors (Lipinski definition) is 12. The normalized spacial score (nSPS) is 23.5. The van der Waals surface area contributed by atoms with Crippen LogP contribution in [0.2, 0.25) is 0 Å². The van der Waals surface area contributed by atoms with Crippen LogP contribution >= 0.6 is 0 Å². The largest absolute Gasteiger partial charge is 0.510 e. The fourth-order valence-electron chi connectivity index (χ4n) is 7.73. The SMILES string of the molecule is CN(C)c1cc(CN(C/C=C/c2ccco2)C/C=C/c2ccco2)c(O)c2c1C[C@H]1C[C@H]3C(N(C)C)C(O)=C(C(N)=O)C(=O)[C@@]3(O)C(O)=C1C2=O. The fourth-order valence-corrected chi connectivity index (χ4v) is 7.73. The molecule has 0 saturated heterocycles. The molecule has 0 radical (unpaired) electrons. The molecule has 268 valence electrons. The van der Waals surface area contributed by atoms with Crippen LogP contribution in [0, 0.1) is 11.8 Å². The Hall–Kier alpha value is -5.37. The van der Waals surface area contributed by atoms with Crippen molar-refractivity contribution < 1.29 is 43.6 Å². The van der Waals surface area contributed by atoms with Gasteiger partial charge in [-0.2, -0.15) is 0 Å². The number of allylic oxidation sites excluding steroid dienone is 1. The van der Waals surface area contributed by atoms with Gasteiger partial charge in [-0.1, -0.05) is 12.2 Å². The van der Waals surface area contributed by atoms with Crippen molar-refractivity contribution in [2.24, 2.45) is 17.6 Å². The van der Waals surface area contributed by atoms with Crippen LogP contribution in [0.5, 0.6) is 5.75 Å². The zero-order valence-electron chi connectivity index (χ0n) is 28.9. The van der Waals surface area contributed by atoms with Crippen molar-refractivity contribution in [3.8, 4) is 5.75 Å². The topological polar surface area (TPSA) is 194 Å². The van der Waals surface area contributed by atoms with Crippen LogP contribution in [-0.4, -0.2) is 101 Å². The van der Waals surface area contributed by atoms with E-state index in [1.165, 1.54) is 4.90 Å². The molecule has 0 saturated carbocycles. The lowest BCUT2D eigenvalue weighted by Gasteiger charge is -2.50. The van der Waals surface area contributed by atoms with E-state index in [0.29, 0.717) is 41.4 Å². The summed E-state index contributed by atoms with van der Waals surface area (Å²) in [4.78, 5) is 45.9. The van der Waals surface area contributed by atoms with Crippen LogP contribution in [0.3, 0.4) is 0 Å². The van der Waals surface area contributed by atoms with E-state index in [0.717, 1.165) is 0 Å². The maximum atomic E-state index is 14.5. The summed E-state index contributed by atoms with van der Waals surface area (Å²) in [6.45, 7) is 1.12.